The summed E-state index contributed by atoms with van der Waals surface area (Å²) in [5.41, 5.74) is 3.35. The Balaban J connectivity index is 1.31. The van der Waals surface area contributed by atoms with E-state index in [0.29, 0.717) is 22.2 Å². The SMILES string of the molecule is O=C1NCC(c2cc([C@H]3C[C@@H]3c3ccc4c(cnn4CC(F)(F)F)c3)c3ncnn3n2)C(=O)N1. The highest BCUT2D eigenvalue weighted by Gasteiger charge is 2.42. The van der Waals surface area contributed by atoms with Crippen molar-refractivity contribution in [2.45, 2.75) is 36.9 Å². The summed E-state index contributed by atoms with van der Waals surface area (Å²) in [6.45, 7) is -1.01. The van der Waals surface area contributed by atoms with Crippen molar-refractivity contribution in [2.75, 3.05) is 6.54 Å². The van der Waals surface area contributed by atoms with Gasteiger partial charge in [0.15, 0.2) is 5.65 Å². The number of hydrogen-bond donors (Lipinski definition) is 2. The second kappa shape index (κ2) is 7.23. The molecule has 0 spiro atoms. The van der Waals surface area contributed by atoms with Gasteiger partial charge in [0, 0.05) is 17.5 Å². The van der Waals surface area contributed by atoms with Gasteiger partial charge < -0.3 is 5.32 Å². The number of urea groups is 1. The highest BCUT2D eigenvalue weighted by molar-refractivity contribution is 6.00. The minimum atomic E-state index is -4.35. The van der Waals surface area contributed by atoms with Gasteiger partial charge in [-0.1, -0.05) is 6.07 Å². The molecular weight excluding hydrogens is 453 g/mol. The number of alkyl halides is 3. The van der Waals surface area contributed by atoms with Crippen molar-refractivity contribution in [1.29, 1.82) is 0 Å². The fourth-order valence-corrected chi connectivity index (χ4v) is 4.61. The first kappa shape index (κ1) is 20.6. The summed E-state index contributed by atoms with van der Waals surface area (Å²) in [7, 11) is 0. The fourth-order valence-electron chi connectivity index (χ4n) is 4.61. The van der Waals surface area contributed by atoms with Crippen LogP contribution in [0.1, 0.15) is 41.0 Å². The first-order chi connectivity index (χ1) is 16.3. The standard InChI is InChI=1S/C21H17F3N8O2/c22-21(23,24)8-31-17-2-1-10(3-11(17)6-27-31)12-4-13(12)14-5-16(30-32-18(14)26-9-28-32)15-7-25-20(34)29-19(15)33/h1-3,5-6,9,12-13,15H,4,7-8H2,(H2,25,29,33,34)/t12-,13+,15?/m1/s1. The summed E-state index contributed by atoms with van der Waals surface area (Å²) in [6, 6.07) is 6.65. The fraction of sp³-hybridized carbons (Fsp3) is 0.333. The minimum absolute atomic E-state index is 0.0809. The Kier molecular flexibility index (Phi) is 4.38. The first-order valence-electron chi connectivity index (χ1n) is 10.6. The van der Waals surface area contributed by atoms with Gasteiger partial charge in [0.2, 0.25) is 5.91 Å². The number of imide groups is 1. The van der Waals surface area contributed by atoms with Crippen LogP contribution in [0.5, 0.6) is 0 Å². The van der Waals surface area contributed by atoms with E-state index in [4.69, 9.17) is 0 Å². The molecule has 0 bridgehead atoms. The summed E-state index contributed by atoms with van der Waals surface area (Å²) in [5, 5.41) is 17.9. The number of nitrogens with one attached hydrogen (secondary N) is 2. The van der Waals surface area contributed by atoms with E-state index >= 15 is 0 Å². The summed E-state index contributed by atoms with van der Waals surface area (Å²) in [6.07, 6.45) is -0.711. The largest absolute Gasteiger partial charge is 0.408 e. The van der Waals surface area contributed by atoms with Crippen LogP contribution in [0.15, 0.2) is 36.8 Å². The van der Waals surface area contributed by atoms with Crippen LogP contribution in [-0.4, -0.2) is 54.3 Å². The number of carbonyl (C=O) groups is 2. The second-order valence-corrected chi connectivity index (χ2v) is 8.53. The highest BCUT2D eigenvalue weighted by atomic mass is 19.4. The molecule has 6 rings (SSSR count). The Morgan fingerprint density at radius 1 is 1.12 bits per heavy atom. The molecule has 4 aromatic rings. The Labute approximate surface area is 189 Å². The van der Waals surface area contributed by atoms with Crippen LogP contribution in [0.3, 0.4) is 0 Å². The average molecular weight is 470 g/mol. The minimum Gasteiger partial charge on any atom is -0.337 e. The van der Waals surface area contributed by atoms with Gasteiger partial charge in [-0.15, -0.1) is 9.73 Å². The van der Waals surface area contributed by atoms with Crippen LogP contribution in [0.4, 0.5) is 18.0 Å². The summed E-state index contributed by atoms with van der Waals surface area (Å²) >= 11 is 0. The van der Waals surface area contributed by atoms with Crippen LogP contribution in [-0.2, 0) is 11.3 Å². The smallest absolute Gasteiger partial charge is 0.337 e. The zero-order valence-electron chi connectivity index (χ0n) is 17.5. The Hall–Kier alpha value is -4.03. The van der Waals surface area contributed by atoms with Gasteiger partial charge in [0.25, 0.3) is 0 Å². The van der Waals surface area contributed by atoms with Crippen LogP contribution < -0.4 is 10.6 Å². The first-order valence-corrected chi connectivity index (χ1v) is 10.6. The van der Waals surface area contributed by atoms with Crippen molar-refractivity contribution in [3.63, 3.8) is 0 Å². The molecule has 1 saturated carbocycles. The summed E-state index contributed by atoms with van der Waals surface area (Å²) in [4.78, 5) is 28.1. The van der Waals surface area contributed by atoms with Gasteiger partial charge in [0.1, 0.15) is 12.9 Å². The molecule has 10 nitrogen and oxygen atoms in total. The Morgan fingerprint density at radius 3 is 2.76 bits per heavy atom. The lowest BCUT2D eigenvalue weighted by Crippen LogP contribution is -2.51. The maximum Gasteiger partial charge on any atom is 0.408 e. The van der Waals surface area contributed by atoms with Crippen LogP contribution in [0.25, 0.3) is 16.6 Å². The van der Waals surface area contributed by atoms with Crippen molar-refractivity contribution in [1.82, 2.24) is 40.2 Å². The number of nitrogens with zero attached hydrogens (tertiary/aromatic N) is 6. The predicted octanol–water partition coefficient (Wildman–Crippen LogP) is 2.23. The number of hydrogen-bond acceptors (Lipinski definition) is 6. The average Bonchev–Trinajstić information content (AvgIpc) is 3.26. The van der Waals surface area contributed by atoms with Gasteiger partial charge in [-0.05, 0) is 42.0 Å². The lowest BCUT2D eigenvalue weighted by atomic mass is 9.99. The van der Waals surface area contributed by atoms with E-state index in [1.165, 1.54) is 17.2 Å². The van der Waals surface area contributed by atoms with E-state index in [1.807, 2.05) is 18.2 Å². The van der Waals surface area contributed by atoms with Crippen LogP contribution in [0, 0.1) is 0 Å². The quantitative estimate of drug-likeness (QED) is 0.472. The predicted molar refractivity (Wildman–Crippen MR) is 111 cm³/mol. The molecule has 3 aromatic heterocycles. The molecule has 2 aliphatic rings. The zero-order chi connectivity index (χ0) is 23.6. The third-order valence-corrected chi connectivity index (χ3v) is 6.29. The number of benzene rings is 1. The van der Waals surface area contributed by atoms with Gasteiger partial charge in [0.05, 0.1) is 23.3 Å². The lowest BCUT2D eigenvalue weighted by molar-refractivity contribution is -0.141. The number of rotatable bonds is 4. The highest BCUT2D eigenvalue weighted by Crippen LogP contribution is 2.55. The molecule has 34 heavy (non-hydrogen) atoms. The van der Waals surface area contributed by atoms with Gasteiger partial charge in [-0.3, -0.25) is 14.8 Å². The normalized spacial score (nSPS) is 22.7. The number of amides is 3. The van der Waals surface area contributed by atoms with Crippen molar-refractivity contribution in [3.8, 4) is 0 Å². The molecule has 2 N–H and O–H groups in total. The van der Waals surface area contributed by atoms with Gasteiger partial charge >= 0.3 is 12.2 Å². The van der Waals surface area contributed by atoms with E-state index in [1.54, 1.807) is 6.07 Å². The number of halogens is 3. The van der Waals surface area contributed by atoms with E-state index in [2.05, 4.69) is 30.9 Å². The number of aromatic nitrogens is 6. The van der Waals surface area contributed by atoms with E-state index in [-0.39, 0.29) is 18.4 Å². The van der Waals surface area contributed by atoms with E-state index < -0.39 is 30.6 Å². The van der Waals surface area contributed by atoms with Crippen molar-refractivity contribution >= 4 is 28.5 Å². The van der Waals surface area contributed by atoms with Crippen molar-refractivity contribution in [3.05, 3.63) is 53.6 Å². The maximum atomic E-state index is 12.8. The topological polar surface area (TPSA) is 119 Å². The van der Waals surface area contributed by atoms with Gasteiger partial charge in [-0.25, -0.2) is 9.78 Å². The molecule has 174 valence electrons. The molecule has 3 amide bonds. The Bertz CT molecular complexity index is 1460. The lowest BCUT2D eigenvalue weighted by Gasteiger charge is -2.22. The van der Waals surface area contributed by atoms with Crippen molar-refractivity contribution < 1.29 is 22.8 Å². The molecule has 1 aliphatic carbocycles. The molecule has 0 radical (unpaired) electrons. The molecular formula is C21H17F3N8O2. The van der Waals surface area contributed by atoms with Gasteiger partial charge in [-0.2, -0.15) is 23.4 Å². The third-order valence-electron chi connectivity index (χ3n) is 6.29. The summed E-state index contributed by atoms with van der Waals surface area (Å²) in [5.74, 6) is -0.878. The molecule has 2 fully saturated rings. The third kappa shape index (κ3) is 3.53. The molecule has 1 unspecified atom stereocenters. The molecule has 1 saturated heterocycles. The molecule has 4 heterocycles. The zero-order valence-corrected chi connectivity index (χ0v) is 17.5. The monoisotopic (exact) mass is 470 g/mol. The summed E-state index contributed by atoms with van der Waals surface area (Å²) < 4.78 is 40.7. The van der Waals surface area contributed by atoms with Crippen molar-refractivity contribution in [2.24, 2.45) is 0 Å². The second-order valence-electron chi connectivity index (χ2n) is 8.53. The number of fused-ring (bicyclic) bond motifs is 2. The molecule has 1 aromatic carbocycles. The van der Waals surface area contributed by atoms with E-state index in [9.17, 15) is 22.8 Å². The molecule has 3 atom stereocenters. The molecule has 1 aliphatic heterocycles. The van der Waals surface area contributed by atoms with Crippen LogP contribution >= 0.6 is 0 Å². The molecule has 13 heteroatoms. The number of carbonyl (C=O) groups excluding carboxylic acids is 2. The van der Waals surface area contributed by atoms with E-state index in [0.717, 1.165) is 22.2 Å². The van der Waals surface area contributed by atoms with Crippen LogP contribution in [0.2, 0.25) is 0 Å². The Morgan fingerprint density at radius 2 is 1.97 bits per heavy atom. The maximum absolute atomic E-state index is 12.8.